The quantitative estimate of drug-likeness (QED) is 0.860. The molecule has 0 spiro atoms. The normalized spacial score (nSPS) is 15.6. The summed E-state index contributed by atoms with van der Waals surface area (Å²) in [5.41, 5.74) is 1.19. The Bertz CT molecular complexity index is 742. The Hall–Kier alpha value is -3.19. The lowest BCUT2D eigenvalue weighted by Gasteiger charge is -2.28. The van der Waals surface area contributed by atoms with Gasteiger partial charge in [-0.2, -0.15) is 10.5 Å². The summed E-state index contributed by atoms with van der Waals surface area (Å²) in [6.45, 7) is 0.754. The average molecular weight is 310 g/mol. The van der Waals surface area contributed by atoms with Crippen LogP contribution in [0, 0.1) is 22.7 Å². The summed E-state index contributed by atoms with van der Waals surface area (Å²) in [5, 5.41) is 20.6. The van der Waals surface area contributed by atoms with Gasteiger partial charge in [-0.3, -0.25) is 4.79 Å². The molecule has 0 unspecified atom stereocenters. The molecule has 1 amide bonds. The summed E-state index contributed by atoms with van der Waals surface area (Å²) >= 11 is 0. The summed E-state index contributed by atoms with van der Waals surface area (Å²) in [5.74, 6) is 1.18. The van der Waals surface area contributed by atoms with Crippen molar-refractivity contribution in [2.24, 2.45) is 0 Å². The third kappa shape index (κ3) is 2.90. The molecule has 2 heterocycles. The summed E-state index contributed by atoms with van der Waals surface area (Å²) in [6, 6.07) is 7.03. The molecule has 0 saturated carbocycles. The lowest BCUT2D eigenvalue weighted by Crippen LogP contribution is -2.35. The van der Waals surface area contributed by atoms with E-state index in [-0.39, 0.29) is 18.3 Å². The van der Waals surface area contributed by atoms with Gasteiger partial charge < -0.3 is 19.7 Å². The SMILES string of the molecule is N#CC(C#N)=CNc1cc2c(cc1N1CCCCC1=O)OCO2. The number of ether oxygens (including phenoxy) is 2. The van der Waals surface area contributed by atoms with Crippen molar-refractivity contribution in [2.75, 3.05) is 23.6 Å². The Morgan fingerprint density at radius 1 is 1.22 bits per heavy atom. The zero-order chi connectivity index (χ0) is 16.2. The molecule has 7 heteroatoms. The van der Waals surface area contributed by atoms with Crippen LogP contribution in [0.3, 0.4) is 0 Å². The van der Waals surface area contributed by atoms with Crippen LogP contribution >= 0.6 is 0 Å². The number of carbonyl (C=O) groups excluding carboxylic acids is 1. The van der Waals surface area contributed by atoms with E-state index < -0.39 is 0 Å². The van der Waals surface area contributed by atoms with Gasteiger partial charge in [-0.05, 0) is 12.8 Å². The van der Waals surface area contributed by atoms with E-state index in [4.69, 9.17) is 20.0 Å². The first kappa shape index (κ1) is 14.7. The van der Waals surface area contributed by atoms with Crippen LogP contribution in [0.15, 0.2) is 23.9 Å². The van der Waals surface area contributed by atoms with Crippen LogP contribution in [-0.4, -0.2) is 19.2 Å². The summed E-state index contributed by atoms with van der Waals surface area (Å²) in [4.78, 5) is 13.9. The fourth-order valence-electron chi connectivity index (χ4n) is 2.57. The van der Waals surface area contributed by atoms with Crippen LogP contribution in [0.2, 0.25) is 0 Å². The van der Waals surface area contributed by atoms with Crippen molar-refractivity contribution < 1.29 is 14.3 Å². The largest absolute Gasteiger partial charge is 0.454 e. The first-order valence-corrected chi connectivity index (χ1v) is 7.24. The van der Waals surface area contributed by atoms with Gasteiger partial charge in [0.1, 0.15) is 17.7 Å². The number of fused-ring (bicyclic) bond motifs is 1. The number of rotatable bonds is 3. The molecule has 0 aliphatic carbocycles. The number of carbonyl (C=O) groups is 1. The molecule has 2 aliphatic rings. The van der Waals surface area contributed by atoms with E-state index in [0.717, 1.165) is 12.8 Å². The monoisotopic (exact) mass is 310 g/mol. The zero-order valence-corrected chi connectivity index (χ0v) is 12.3. The molecule has 1 N–H and O–H groups in total. The fourth-order valence-corrected chi connectivity index (χ4v) is 2.57. The van der Waals surface area contributed by atoms with Crippen molar-refractivity contribution in [3.05, 3.63) is 23.9 Å². The van der Waals surface area contributed by atoms with Crippen LogP contribution in [0.5, 0.6) is 11.5 Å². The number of amides is 1. The molecule has 0 aromatic heterocycles. The second-order valence-electron chi connectivity index (χ2n) is 5.15. The lowest BCUT2D eigenvalue weighted by molar-refractivity contribution is -0.119. The number of benzene rings is 1. The maximum Gasteiger partial charge on any atom is 0.231 e. The molecule has 1 fully saturated rings. The molecule has 1 aromatic rings. The molecule has 1 aromatic carbocycles. The van der Waals surface area contributed by atoms with Crippen LogP contribution in [0.25, 0.3) is 0 Å². The molecule has 116 valence electrons. The molecule has 23 heavy (non-hydrogen) atoms. The fraction of sp³-hybridized carbons (Fsp3) is 0.312. The molecule has 7 nitrogen and oxygen atoms in total. The summed E-state index contributed by atoms with van der Waals surface area (Å²) < 4.78 is 10.7. The van der Waals surface area contributed by atoms with Gasteiger partial charge in [-0.15, -0.1) is 0 Å². The Balaban J connectivity index is 1.99. The number of piperidine rings is 1. The van der Waals surface area contributed by atoms with Gasteiger partial charge in [-0.1, -0.05) is 0 Å². The Morgan fingerprint density at radius 2 is 1.96 bits per heavy atom. The van der Waals surface area contributed by atoms with Gasteiger partial charge in [0.2, 0.25) is 12.7 Å². The van der Waals surface area contributed by atoms with Crippen molar-refractivity contribution in [1.82, 2.24) is 0 Å². The number of allylic oxidation sites excluding steroid dienone is 1. The van der Waals surface area contributed by atoms with E-state index in [1.807, 2.05) is 0 Å². The molecule has 2 aliphatic heterocycles. The Kier molecular flexibility index (Phi) is 4.03. The van der Waals surface area contributed by atoms with E-state index >= 15 is 0 Å². The number of anilines is 2. The first-order chi connectivity index (χ1) is 11.2. The third-order valence-corrected chi connectivity index (χ3v) is 3.72. The standard InChI is InChI=1S/C16H14N4O3/c17-7-11(8-18)9-19-12-5-14-15(23-10-22-14)6-13(12)20-4-2-1-3-16(20)21/h5-6,9,19H,1-4,10H2. The van der Waals surface area contributed by atoms with Gasteiger partial charge in [0.05, 0.1) is 11.4 Å². The predicted molar refractivity (Wildman–Crippen MR) is 81.7 cm³/mol. The molecular weight excluding hydrogens is 296 g/mol. The number of nitriles is 2. The molecule has 0 bridgehead atoms. The van der Waals surface area contributed by atoms with Crippen molar-refractivity contribution in [3.8, 4) is 23.6 Å². The summed E-state index contributed by atoms with van der Waals surface area (Å²) in [6.07, 6.45) is 3.63. The van der Waals surface area contributed by atoms with E-state index in [1.54, 1.807) is 29.2 Å². The molecule has 1 saturated heterocycles. The first-order valence-electron chi connectivity index (χ1n) is 7.24. The Morgan fingerprint density at radius 3 is 2.65 bits per heavy atom. The maximum absolute atomic E-state index is 12.2. The number of hydrogen-bond acceptors (Lipinski definition) is 6. The van der Waals surface area contributed by atoms with Crippen LogP contribution in [0.1, 0.15) is 19.3 Å². The predicted octanol–water partition coefficient (Wildman–Crippen LogP) is 2.28. The van der Waals surface area contributed by atoms with Crippen molar-refractivity contribution >= 4 is 17.3 Å². The van der Waals surface area contributed by atoms with Crippen molar-refractivity contribution in [1.29, 1.82) is 10.5 Å². The molecular formula is C16H14N4O3. The second kappa shape index (κ2) is 6.29. The van der Waals surface area contributed by atoms with E-state index in [9.17, 15) is 4.79 Å². The summed E-state index contributed by atoms with van der Waals surface area (Å²) in [7, 11) is 0. The van der Waals surface area contributed by atoms with E-state index in [0.29, 0.717) is 35.8 Å². The second-order valence-corrected chi connectivity index (χ2v) is 5.15. The minimum absolute atomic E-state index is 0.0444. The van der Waals surface area contributed by atoms with Crippen LogP contribution < -0.4 is 19.7 Å². The van der Waals surface area contributed by atoms with E-state index in [2.05, 4.69) is 5.32 Å². The molecule has 0 radical (unpaired) electrons. The van der Waals surface area contributed by atoms with Gasteiger partial charge >= 0.3 is 0 Å². The van der Waals surface area contributed by atoms with Gasteiger partial charge in [0, 0.05) is 31.3 Å². The van der Waals surface area contributed by atoms with E-state index in [1.165, 1.54) is 6.20 Å². The molecule has 3 rings (SSSR count). The zero-order valence-electron chi connectivity index (χ0n) is 12.3. The highest BCUT2D eigenvalue weighted by molar-refractivity contribution is 5.98. The van der Waals surface area contributed by atoms with Crippen molar-refractivity contribution in [2.45, 2.75) is 19.3 Å². The Labute approximate surface area is 133 Å². The lowest BCUT2D eigenvalue weighted by atomic mass is 10.1. The number of hydrogen-bond donors (Lipinski definition) is 1. The van der Waals surface area contributed by atoms with Gasteiger partial charge in [0.15, 0.2) is 11.5 Å². The molecule has 0 atom stereocenters. The van der Waals surface area contributed by atoms with Gasteiger partial charge in [0.25, 0.3) is 0 Å². The maximum atomic E-state index is 12.2. The van der Waals surface area contributed by atoms with Crippen molar-refractivity contribution in [3.63, 3.8) is 0 Å². The minimum atomic E-state index is -0.0569. The highest BCUT2D eigenvalue weighted by Gasteiger charge is 2.25. The third-order valence-electron chi connectivity index (χ3n) is 3.72. The average Bonchev–Trinajstić information content (AvgIpc) is 3.03. The highest BCUT2D eigenvalue weighted by atomic mass is 16.7. The highest BCUT2D eigenvalue weighted by Crippen LogP contribution is 2.42. The smallest absolute Gasteiger partial charge is 0.231 e. The number of nitrogens with zero attached hydrogens (tertiary/aromatic N) is 3. The minimum Gasteiger partial charge on any atom is -0.454 e. The van der Waals surface area contributed by atoms with Gasteiger partial charge in [-0.25, -0.2) is 0 Å². The van der Waals surface area contributed by atoms with Crippen LogP contribution in [-0.2, 0) is 4.79 Å². The number of nitrogens with one attached hydrogen (secondary N) is 1. The topological polar surface area (TPSA) is 98.4 Å². The van der Waals surface area contributed by atoms with Crippen LogP contribution in [0.4, 0.5) is 11.4 Å².